The summed E-state index contributed by atoms with van der Waals surface area (Å²) in [5, 5.41) is 7.48. The molecule has 0 radical (unpaired) electrons. The van der Waals surface area contributed by atoms with E-state index in [2.05, 4.69) is 26.1 Å². The number of nitrogens with zero attached hydrogens (tertiary/aromatic N) is 2. The third kappa shape index (κ3) is 3.68. The van der Waals surface area contributed by atoms with Crippen molar-refractivity contribution in [3.8, 4) is 17.0 Å². The van der Waals surface area contributed by atoms with E-state index in [4.69, 9.17) is 9.47 Å². The van der Waals surface area contributed by atoms with E-state index in [0.717, 1.165) is 39.0 Å². The highest BCUT2D eigenvalue weighted by Crippen LogP contribution is 2.43. The van der Waals surface area contributed by atoms with Crippen molar-refractivity contribution in [3.05, 3.63) is 69.8 Å². The fourth-order valence-corrected chi connectivity index (χ4v) is 4.06. The number of rotatable bonds is 7. The summed E-state index contributed by atoms with van der Waals surface area (Å²) in [5.74, 6) is 0.716. The van der Waals surface area contributed by atoms with Gasteiger partial charge in [-0.3, -0.25) is 9.89 Å². The molecule has 2 aromatic carbocycles. The van der Waals surface area contributed by atoms with Gasteiger partial charge in [0, 0.05) is 35.9 Å². The predicted molar refractivity (Wildman–Crippen MR) is 114 cm³/mol. The number of fused-ring (bicyclic) bond motifs is 1. The van der Waals surface area contributed by atoms with Crippen LogP contribution < -0.4 is 4.74 Å². The van der Waals surface area contributed by atoms with Gasteiger partial charge in [0.15, 0.2) is 0 Å². The maximum Gasteiger partial charge on any atom is 0.273 e. The molecule has 2 heterocycles. The van der Waals surface area contributed by atoms with Crippen molar-refractivity contribution < 1.29 is 14.3 Å². The van der Waals surface area contributed by atoms with Crippen LogP contribution in [0, 0.1) is 0 Å². The third-order valence-electron chi connectivity index (χ3n) is 5.14. The summed E-state index contributed by atoms with van der Waals surface area (Å²) in [6.07, 6.45) is 0.758. The Morgan fingerprint density at radius 3 is 2.69 bits per heavy atom. The first-order chi connectivity index (χ1) is 14.1. The Bertz CT molecular complexity index is 1020. The van der Waals surface area contributed by atoms with Crippen LogP contribution in [-0.2, 0) is 4.74 Å². The topological polar surface area (TPSA) is 67.5 Å². The van der Waals surface area contributed by atoms with Crippen LogP contribution in [0.25, 0.3) is 11.3 Å². The number of aromatic nitrogens is 2. The largest absolute Gasteiger partial charge is 0.497 e. The van der Waals surface area contributed by atoms with Crippen molar-refractivity contribution in [1.29, 1.82) is 0 Å². The van der Waals surface area contributed by atoms with Crippen molar-refractivity contribution in [2.45, 2.75) is 12.5 Å². The molecule has 7 heteroatoms. The number of nitrogens with one attached hydrogen (secondary N) is 1. The molecule has 0 bridgehead atoms. The summed E-state index contributed by atoms with van der Waals surface area (Å²) in [6.45, 7) is 1.19. The summed E-state index contributed by atoms with van der Waals surface area (Å²) in [5.41, 5.74) is 4.21. The van der Waals surface area contributed by atoms with E-state index in [9.17, 15) is 4.79 Å². The molecule has 1 unspecified atom stereocenters. The number of H-pyrrole nitrogens is 1. The van der Waals surface area contributed by atoms with Gasteiger partial charge in [-0.15, -0.1) is 0 Å². The monoisotopic (exact) mass is 455 g/mol. The summed E-state index contributed by atoms with van der Waals surface area (Å²) < 4.78 is 11.6. The highest BCUT2D eigenvalue weighted by Gasteiger charge is 2.41. The lowest BCUT2D eigenvalue weighted by molar-refractivity contribution is 0.0723. The molecule has 1 amide bonds. The van der Waals surface area contributed by atoms with Gasteiger partial charge in [-0.25, -0.2) is 0 Å². The lowest BCUT2D eigenvalue weighted by atomic mass is 9.96. The van der Waals surface area contributed by atoms with E-state index >= 15 is 0 Å². The van der Waals surface area contributed by atoms with Crippen molar-refractivity contribution in [2.24, 2.45) is 0 Å². The molecule has 29 heavy (non-hydrogen) atoms. The minimum Gasteiger partial charge on any atom is -0.497 e. The number of hydrogen-bond acceptors (Lipinski definition) is 4. The molecule has 0 saturated heterocycles. The Hall–Kier alpha value is -2.64. The first-order valence-electron chi connectivity index (χ1n) is 9.42. The zero-order valence-corrected chi connectivity index (χ0v) is 17.9. The maximum absolute atomic E-state index is 13.2. The Balaban J connectivity index is 1.82. The lowest BCUT2D eigenvalue weighted by Crippen LogP contribution is -2.31. The Morgan fingerprint density at radius 1 is 1.17 bits per heavy atom. The van der Waals surface area contributed by atoms with Gasteiger partial charge in [0.25, 0.3) is 5.91 Å². The average molecular weight is 456 g/mol. The Morgan fingerprint density at radius 2 is 1.97 bits per heavy atom. The third-order valence-corrected chi connectivity index (χ3v) is 5.67. The molecule has 3 aromatic rings. The quantitative estimate of drug-likeness (QED) is 0.535. The molecule has 0 aliphatic carbocycles. The highest BCUT2D eigenvalue weighted by atomic mass is 79.9. The number of benzene rings is 2. The first-order valence-corrected chi connectivity index (χ1v) is 10.2. The van der Waals surface area contributed by atoms with Crippen molar-refractivity contribution in [3.63, 3.8) is 0 Å². The van der Waals surface area contributed by atoms with Crippen molar-refractivity contribution in [1.82, 2.24) is 15.1 Å². The van der Waals surface area contributed by atoms with Gasteiger partial charge in [-0.1, -0.05) is 40.2 Å². The van der Waals surface area contributed by atoms with E-state index in [-0.39, 0.29) is 11.9 Å². The van der Waals surface area contributed by atoms with Gasteiger partial charge < -0.3 is 14.4 Å². The number of ether oxygens (including phenoxy) is 2. The van der Waals surface area contributed by atoms with Crippen LogP contribution in [0.3, 0.4) is 0 Å². The minimum absolute atomic E-state index is 0.0419. The van der Waals surface area contributed by atoms with Gasteiger partial charge in [-0.05, 0) is 36.2 Å². The molecule has 6 nitrogen and oxygen atoms in total. The fourth-order valence-electron chi connectivity index (χ4n) is 3.79. The van der Waals surface area contributed by atoms with Crippen LogP contribution in [0.2, 0.25) is 0 Å². The molecule has 1 atom stereocenters. The average Bonchev–Trinajstić information content (AvgIpc) is 3.28. The van der Waals surface area contributed by atoms with Crippen LogP contribution in [-0.4, -0.2) is 48.4 Å². The van der Waals surface area contributed by atoms with Gasteiger partial charge in [0.2, 0.25) is 0 Å². The fraction of sp³-hybridized carbons (Fsp3) is 0.273. The van der Waals surface area contributed by atoms with Crippen LogP contribution in [0.1, 0.15) is 34.1 Å². The SMILES string of the molecule is COCCCN1C(=O)c2[nH]nc(-c3ccc(Br)cc3)c2C1c1cccc(OC)c1. The lowest BCUT2D eigenvalue weighted by Gasteiger charge is -2.26. The Labute approximate surface area is 178 Å². The summed E-state index contributed by atoms with van der Waals surface area (Å²) in [7, 11) is 3.31. The Kier molecular flexibility index (Phi) is 5.69. The van der Waals surface area contributed by atoms with Crippen LogP contribution in [0.15, 0.2) is 53.0 Å². The highest BCUT2D eigenvalue weighted by molar-refractivity contribution is 9.10. The van der Waals surface area contributed by atoms with Crippen LogP contribution in [0.4, 0.5) is 0 Å². The molecule has 0 fully saturated rings. The number of carbonyl (C=O) groups is 1. The van der Waals surface area contributed by atoms with Gasteiger partial charge in [0.1, 0.15) is 11.4 Å². The van der Waals surface area contributed by atoms with E-state index in [0.29, 0.717) is 18.8 Å². The van der Waals surface area contributed by atoms with Crippen LogP contribution in [0.5, 0.6) is 5.75 Å². The summed E-state index contributed by atoms with van der Waals surface area (Å²) >= 11 is 3.47. The number of amides is 1. The number of aromatic amines is 1. The van der Waals surface area contributed by atoms with E-state index in [1.807, 2.05) is 53.4 Å². The number of hydrogen-bond donors (Lipinski definition) is 1. The molecule has 0 saturated carbocycles. The minimum atomic E-state index is -0.234. The molecule has 150 valence electrons. The second-order valence-electron chi connectivity index (χ2n) is 6.89. The second-order valence-corrected chi connectivity index (χ2v) is 7.81. The molecule has 0 spiro atoms. The normalized spacial score (nSPS) is 15.6. The van der Waals surface area contributed by atoms with E-state index in [1.54, 1.807) is 14.2 Å². The zero-order chi connectivity index (χ0) is 20.4. The maximum atomic E-state index is 13.2. The summed E-state index contributed by atoms with van der Waals surface area (Å²) in [6, 6.07) is 15.6. The van der Waals surface area contributed by atoms with Crippen molar-refractivity contribution in [2.75, 3.05) is 27.4 Å². The van der Waals surface area contributed by atoms with Gasteiger partial charge in [-0.2, -0.15) is 5.10 Å². The van der Waals surface area contributed by atoms with E-state index in [1.165, 1.54) is 0 Å². The number of methoxy groups -OCH3 is 2. The predicted octanol–water partition coefficient (Wildman–Crippen LogP) is 4.43. The molecule has 4 rings (SSSR count). The number of halogens is 1. The molecule has 1 N–H and O–H groups in total. The van der Waals surface area contributed by atoms with Crippen molar-refractivity contribution >= 4 is 21.8 Å². The smallest absolute Gasteiger partial charge is 0.273 e. The van der Waals surface area contributed by atoms with Gasteiger partial charge >= 0.3 is 0 Å². The number of carbonyl (C=O) groups excluding carboxylic acids is 1. The van der Waals surface area contributed by atoms with Crippen LogP contribution >= 0.6 is 15.9 Å². The summed E-state index contributed by atoms with van der Waals surface area (Å²) in [4.78, 5) is 15.1. The molecule has 1 aliphatic rings. The molecular formula is C22H22BrN3O3. The van der Waals surface area contributed by atoms with E-state index < -0.39 is 0 Å². The molecule has 1 aliphatic heterocycles. The molecule has 1 aromatic heterocycles. The standard InChI is InChI=1S/C22H22BrN3O3/c1-28-12-4-11-26-21(15-5-3-6-17(13-15)29-2)18-19(24-25-20(18)22(26)27)14-7-9-16(23)10-8-14/h3,5-10,13,21H,4,11-12H2,1-2H3,(H,24,25). The second kappa shape index (κ2) is 8.39. The zero-order valence-electron chi connectivity index (χ0n) is 16.3. The first kappa shape index (κ1) is 19.7. The molecular weight excluding hydrogens is 434 g/mol. The van der Waals surface area contributed by atoms with Gasteiger partial charge in [0.05, 0.1) is 18.8 Å².